The van der Waals surface area contributed by atoms with E-state index in [0.29, 0.717) is 12.0 Å². The molecule has 0 aliphatic carbocycles. The molecule has 1 aromatic carbocycles. The molecule has 1 saturated heterocycles. The van der Waals surface area contributed by atoms with Gasteiger partial charge in [-0.05, 0) is 35.7 Å². The standard InChI is InChI=1S/C18H20N4/c1-12(2)13-5-6-20-17(8-13)14-3-4-18-15(7-14)9-21-22(18)16-10-19-11-16/h3-9,12,16,19H,10-11H2,1-2H3. The SMILES string of the molecule is CC(C)c1ccnc(-c2ccc3c(cnn3C3CNC3)c2)c1. The number of hydrogen-bond donors (Lipinski definition) is 1. The van der Waals surface area contributed by atoms with Crippen LogP contribution < -0.4 is 5.32 Å². The fourth-order valence-corrected chi connectivity index (χ4v) is 2.91. The lowest BCUT2D eigenvalue weighted by Crippen LogP contribution is -2.43. The van der Waals surface area contributed by atoms with Crippen molar-refractivity contribution in [2.24, 2.45) is 0 Å². The van der Waals surface area contributed by atoms with Crippen molar-refractivity contribution in [2.75, 3.05) is 13.1 Å². The first-order valence-corrected chi connectivity index (χ1v) is 7.86. The van der Waals surface area contributed by atoms with Gasteiger partial charge in [-0.3, -0.25) is 9.67 Å². The lowest BCUT2D eigenvalue weighted by atomic mass is 10.0. The number of hydrogen-bond acceptors (Lipinski definition) is 3. The van der Waals surface area contributed by atoms with Crippen LogP contribution in [0.25, 0.3) is 22.2 Å². The molecule has 0 radical (unpaired) electrons. The maximum atomic E-state index is 4.55. The molecule has 0 atom stereocenters. The Bertz CT molecular complexity index is 815. The summed E-state index contributed by atoms with van der Waals surface area (Å²) in [5.74, 6) is 0.513. The van der Waals surface area contributed by atoms with Crippen LogP contribution in [0.5, 0.6) is 0 Å². The largest absolute Gasteiger partial charge is 0.312 e. The first-order valence-electron chi connectivity index (χ1n) is 7.86. The summed E-state index contributed by atoms with van der Waals surface area (Å²) in [5, 5.41) is 9.03. The van der Waals surface area contributed by atoms with E-state index >= 15 is 0 Å². The van der Waals surface area contributed by atoms with Crippen molar-refractivity contribution >= 4 is 10.9 Å². The van der Waals surface area contributed by atoms with Gasteiger partial charge in [-0.15, -0.1) is 0 Å². The average molecular weight is 292 g/mol. The normalized spacial score (nSPS) is 15.4. The van der Waals surface area contributed by atoms with Crippen LogP contribution in [0.2, 0.25) is 0 Å². The van der Waals surface area contributed by atoms with Gasteiger partial charge in [0.1, 0.15) is 0 Å². The monoisotopic (exact) mass is 292 g/mol. The molecule has 2 aromatic heterocycles. The van der Waals surface area contributed by atoms with E-state index in [9.17, 15) is 0 Å². The van der Waals surface area contributed by atoms with Gasteiger partial charge in [0.25, 0.3) is 0 Å². The lowest BCUT2D eigenvalue weighted by molar-refractivity contribution is 0.326. The molecule has 0 unspecified atom stereocenters. The predicted octanol–water partition coefficient (Wildman–Crippen LogP) is 3.37. The molecule has 22 heavy (non-hydrogen) atoms. The van der Waals surface area contributed by atoms with Crippen LogP contribution >= 0.6 is 0 Å². The molecule has 1 aliphatic rings. The molecule has 1 fully saturated rings. The second-order valence-corrected chi connectivity index (χ2v) is 6.30. The van der Waals surface area contributed by atoms with Gasteiger partial charge >= 0.3 is 0 Å². The van der Waals surface area contributed by atoms with Gasteiger partial charge in [-0.1, -0.05) is 19.9 Å². The Hall–Kier alpha value is -2.20. The Morgan fingerprint density at radius 3 is 2.77 bits per heavy atom. The number of benzene rings is 1. The van der Waals surface area contributed by atoms with E-state index in [0.717, 1.165) is 24.3 Å². The minimum Gasteiger partial charge on any atom is -0.312 e. The van der Waals surface area contributed by atoms with Crippen LogP contribution in [-0.4, -0.2) is 27.9 Å². The van der Waals surface area contributed by atoms with Crippen LogP contribution in [0.3, 0.4) is 0 Å². The maximum absolute atomic E-state index is 4.55. The number of nitrogens with zero attached hydrogens (tertiary/aromatic N) is 3. The highest BCUT2D eigenvalue weighted by atomic mass is 15.3. The molecule has 0 saturated carbocycles. The van der Waals surface area contributed by atoms with Gasteiger partial charge in [0.15, 0.2) is 0 Å². The van der Waals surface area contributed by atoms with Crippen molar-refractivity contribution in [2.45, 2.75) is 25.8 Å². The van der Waals surface area contributed by atoms with Crippen LogP contribution in [-0.2, 0) is 0 Å². The summed E-state index contributed by atoms with van der Waals surface area (Å²) >= 11 is 0. The summed E-state index contributed by atoms with van der Waals surface area (Å²) in [6, 6.07) is 11.3. The van der Waals surface area contributed by atoms with Gasteiger partial charge in [-0.2, -0.15) is 5.10 Å². The van der Waals surface area contributed by atoms with Gasteiger partial charge < -0.3 is 5.32 Å². The van der Waals surface area contributed by atoms with Gasteiger partial charge in [-0.25, -0.2) is 0 Å². The molecule has 4 nitrogen and oxygen atoms in total. The van der Waals surface area contributed by atoms with Crippen molar-refractivity contribution in [3.05, 3.63) is 48.3 Å². The summed E-state index contributed by atoms with van der Waals surface area (Å²) in [7, 11) is 0. The summed E-state index contributed by atoms with van der Waals surface area (Å²) in [6.07, 6.45) is 3.86. The maximum Gasteiger partial charge on any atom is 0.0774 e. The Kier molecular flexibility index (Phi) is 3.19. The van der Waals surface area contributed by atoms with Gasteiger partial charge in [0.2, 0.25) is 0 Å². The Balaban J connectivity index is 1.75. The van der Waals surface area contributed by atoms with E-state index in [1.165, 1.54) is 16.5 Å². The summed E-state index contributed by atoms with van der Waals surface area (Å²) < 4.78 is 2.13. The van der Waals surface area contributed by atoms with Crippen molar-refractivity contribution in [3.8, 4) is 11.3 Å². The highest BCUT2D eigenvalue weighted by molar-refractivity contribution is 5.84. The molecule has 3 heterocycles. The highest BCUT2D eigenvalue weighted by Gasteiger charge is 2.21. The van der Waals surface area contributed by atoms with E-state index in [4.69, 9.17) is 0 Å². The first-order chi connectivity index (χ1) is 10.7. The van der Waals surface area contributed by atoms with Crippen molar-refractivity contribution < 1.29 is 0 Å². The molecule has 0 amide bonds. The van der Waals surface area contributed by atoms with E-state index in [1.807, 2.05) is 12.4 Å². The average Bonchev–Trinajstić information content (AvgIpc) is 2.89. The number of rotatable bonds is 3. The van der Waals surface area contributed by atoms with Crippen molar-refractivity contribution in [3.63, 3.8) is 0 Å². The Morgan fingerprint density at radius 1 is 1.18 bits per heavy atom. The molecular formula is C18H20N4. The highest BCUT2D eigenvalue weighted by Crippen LogP contribution is 2.27. The smallest absolute Gasteiger partial charge is 0.0774 e. The molecule has 0 bridgehead atoms. The van der Waals surface area contributed by atoms with Crippen LogP contribution in [0, 0.1) is 0 Å². The third-order valence-electron chi connectivity index (χ3n) is 4.45. The third-order valence-corrected chi connectivity index (χ3v) is 4.45. The zero-order valence-electron chi connectivity index (χ0n) is 13.0. The topological polar surface area (TPSA) is 42.7 Å². The second-order valence-electron chi connectivity index (χ2n) is 6.30. The molecule has 4 rings (SSSR count). The third kappa shape index (κ3) is 2.20. The van der Waals surface area contributed by atoms with E-state index in [1.54, 1.807) is 0 Å². The zero-order chi connectivity index (χ0) is 15.1. The zero-order valence-corrected chi connectivity index (χ0v) is 13.0. The molecular weight excluding hydrogens is 272 g/mol. The molecule has 1 N–H and O–H groups in total. The molecule has 3 aromatic rings. The fourth-order valence-electron chi connectivity index (χ4n) is 2.91. The minimum absolute atomic E-state index is 0.491. The van der Waals surface area contributed by atoms with E-state index in [-0.39, 0.29) is 0 Å². The molecule has 112 valence electrons. The summed E-state index contributed by atoms with van der Waals surface area (Å²) in [4.78, 5) is 4.53. The summed E-state index contributed by atoms with van der Waals surface area (Å²) in [6.45, 7) is 6.44. The first kappa shape index (κ1) is 13.5. The number of pyridine rings is 1. The van der Waals surface area contributed by atoms with E-state index in [2.05, 4.69) is 64.3 Å². The lowest BCUT2D eigenvalue weighted by Gasteiger charge is -2.27. The second kappa shape index (κ2) is 5.21. The van der Waals surface area contributed by atoms with Crippen LogP contribution in [0.1, 0.15) is 31.4 Å². The fraction of sp³-hybridized carbons (Fsp3) is 0.333. The quantitative estimate of drug-likeness (QED) is 0.805. The Morgan fingerprint density at radius 2 is 2.05 bits per heavy atom. The van der Waals surface area contributed by atoms with Crippen LogP contribution in [0.15, 0.2) is 42.7 Å². The van der Waals surface area contributed by atoms with Gasteiger partial charge in [0.05, 0.1) is 23.4 Å². The minimum atomic E-state index is 0.491. The number of nitrogens with one attached hydrogen (secondary N) is 1. The van der Waals surface area contributed by atoms with Gasteiger partial charge in [0, 0.05) is 30.2 Å². The van der Waals surface area contributed by atoms with E-state index < -0.39 is 0 Å². The van der Waals surface area contributed by atoms with Crippen molar-refractivity contribution in [1.29, 1.82) is 0 Å². The Labute approximate surface area is 130 Å². The number of fused-ring (bicyclic) bond motifs is 1. The summed E-state index contributed by atoms with van der Waals surface area (Å²) in [5.41, 5.74) is 4.71. The molecule has 0 spiro atoms. The molecule has 4 heteroatoms. The number of aromatic nitrogens is 3. The van der Waals surface area contributed by atoms with Crippen molar-refractivity contribution in [1.82, 2.24) is 20.1 Å². The predicted molar refractivity (Wildman–Crippen MR) is 89.0 cm³/mol. The van der Waals surface area contributed by atoms with Crippen LogP contribution in [0.4, 0.5) is 0 Å². The molecule has 1 aliphatic heterocycles.